The maximum absolute atomic E-state index is 12.4. The molecule has 0 bridgehead atoms. The van der Waals surface area contributed by atoms with Crippen LogP contribution in [0, 0.1) is 5.92 Å². The summed E-state index contributed by atoms with van der Waals surface area (Å²) >= 11 is 0. The lowest BCUT2D eigenvalue weighted by Crippen LogP contribution is -2.53. The lowest BCUT2D eigenvalue weighted by Gasteiger charge is -2.35. The third kappa shape index (κ3) is 1.31. The second-order valence-corrected chi connectivity index (χ2v) is 3.40. The van der Waals surface area contributed by atoms with E-state index in [-0.39, 0.29) is 24.9 Å². The van der Waals surface area contributed by atoms with E-state index in [2.05, 4.69) is 0 Å². The summed E-state index contributed by atoms with van der Waals surface area (Å²) in [6.07, 6.45) is 0.00278. The molecule has 0 N–H and O–H groups in total. The Morgan fingerprint density at radius 3 is 2.75 bits per heavy atom. The van der Waals surface area contributed by atoms with Gasteiger partial charge in [0.15, 0.2) is 0 Å². The summed E-state index contributed by atoms with van der Waals surface area (Å²) in [5.74, 6) is 0.0684. The number of hydrogen-bond acceptors (Lipinski definition) is 2. The Morgan fingerprint density at radius 1 is 1.50 bits per heavy atom. The van der Waals surface area contributed by atoms with Crippen molar-refractivity contribution in [3.63, 3.8) is 0 Å². The van der Waals surface area contributed by atoms with Crippen molar-refractivity contribution < 1.29 is 13.9 Å². The first-order valence-corrected chi connectivity index (χ1v) is 4.28. The van der Waals surface area contributed by atoms with E-state index in [0.717, 1.165) is 6.42 Å². The number of carbonyl (C=O) groups excluding carboxylic acids is 1. The topological polar surface area (TPSA) is 29.5 Å². The standard InChI is InChI=1S/C8H12FNO2/c9-7-3-10(4-7)8(11)6-1-2-12-5-6/h6-7H,1-5H2. The zero-order chi connectivity index (χ0) is 8.55. The molecule has 4 heteroatoms. The van der Waals surface area contributed by atoms with Crippen LogP contribution in [0.25, 0.3) is 0 Å². The van der Waals surface area contributed by atoms with Crippen LogP contribution in [0.4, 0.5) is 4.39 Å². The van der Waals surface area contributed by atoms with Crippen molar-refractivity contribution in [3.8, 4) is 0 Å². The van der Waals surface area contributed by atoms with Gasteiger partial charge in [0.1, 0.15) is 6.17 Å². The van der Waals surface area contributed by atoms with Gasteiger partial charge in [-0.05, 0) is 6.42 Å². The van der Waals surface area contributed by atoms with E-state index < -0.39 is 6.17 Å². The van der Waals surface area contributed by atoms with Crippen molar-refractivity contribution in [3.05, 3.63) is 0 Å². The normalized spacial score (nSPS) is 30.4. The van der Waals surface area contributed by atoms with Crippen LogP contribution in [-0.2, 0) is 9.53 Å². The van der Waals surface area contributed by atoms with Gasteiger partial charge in [-0.25, -0.2) is 4.39 Å². The fraction of sp³-hybridized carbons (Fsp3) is 0.875. The zero-order valence-electron chi connectivity index (χ0n) is 6.83. The van der Waals surface area contributed by atoms with Gasteiger partial charge in [0.2, 0.25) is 5.91 Å². The van der Waals surface area contributed by atoms with Gasteiger partial charge in [0.05, 0.1) is 25.6 Å². The molecule has 68 valence electrons. The second kappa shape index (κ2) is 3.01. The quantitative estimate of drug-likeness (QED) is 0.567. The molecule has 2 aliphatic heterocycles. The third-order valence-corrected chi connectivity index (χ3v) is 2.43. The van der Waals surface area contributed by atoms with Crippen molar-refractivity contribution >= 4 is 5.91 Å². The summed E-state index contributed by atoms with van der Waals surface area (Å²) < 4.78 is 17.5. The van der Waals surface area contributed by atoms with Gasteiger partial charge in [-0.2, -0.15) is 0 Å². The Morgan fingerprint density at radius 2 is 2.25 bits per heavy atom. The van der Waals surface area contributed by atoms with Crippen LogP contribution in [0.1, 0.15) is 6.42 Å². The molecule has 3 nitrogen and oxygen atoms in total. The molecule has 2 aliphatic rings. The summed E-state index contributed by atoms with van der Waals surface area (Å²) in [5, 5.41) is 0. The van der Waals surface area contributed by atoms with Gasteiger partial charge in [-0.15, -0.1) is 0 Å². The van der Waals surface area contributed by atoms with Gasteiger partial charge in [0.25, 0.3) is 0 Å². The van der Waals surface area contributed by atoms with Gasteiger partial charge < -0.3 is 9.64 Å². The van der Waals surface area contributed by atoms with E-state index in [1.54, 1.807) is 4.90 Å². The minimum absolute atomic E-state index is 0.00231. The van der Waals surface area contributed by atoms with Crippen LogP contribution in [0.3, 0.4) is 0 Å². The van der Waals surface area contributed by atoms with E-state index in [1.807, 2.05) is 0 Å². The van der Waals surface area contributed by atoms with Crippen LogP contribution < -0.4 is 0 Å². The SMILES string of the molecule is O=C(C1CCOC1)N1CC(F)C1. The minimum Gasteiger partial charge on any atom is -0.381 e. The summed E-state index contributed by atoms with van der Waals surface area (Å²) in [6.45, 7) is 1.76. The summed E-state index contributed by atoms with van der Waals surface area (Å²) in [6, 6.07) is 0. The van der Waals surface area contributed by atoms with Crippen LogP contribution in [0.15, 0.2) is 0 Å². The Kier molecular flexibility index (Phi) is 2.00. The number of likely N-dealkylation sites (tertiary alicyclic amines) is 1. The molecule has 1 amide bonds. The molecule has 1 atom stereocenters. The number of ether oxygens (including phenoxy) is 1. The number of rotatable bonds is 1. The molecular formula is C8H12FNO2. The molecule has 2 fully saturated rings. The molecule has 12 heavy (non-hydrogen) atoms. The molecule has 0 radical (unpaired) electrons. The number of carbonyl (C=O) groups is 1. The van der Waals surface area contributed by atoms with Gasteiger partial charge in [-0.3, -0.25) is 4.79 Å². The highest BCUT2D eigenvalue weighted by Gasteiger charge is 2.35. The Balaban J connectivity index is 1.83. The molecule has 2 rings (SSSR count). The zero-order valence-corrected chi connectivity index (χ0v) is 6.83. The second-order valence-electron chi connectivity index (χ2n) is 3.40. The Bertz CT molecular complexity index is 185. The fourth-order valence-corrected chi connectivity index (χ4v) is 1.59. The van der Waals surface area contributed by atoms with Crippen molar-refractivity contribution in [2.75, 3.05) is 26.3 Å². The van der Waals surface area contributed by atoms with E-state index >= 15 is 0 Å². The first-order chi connectivity index (χ1) is 5.77. The Labute approximate surface area is 70.5 Å². The highest BCUT2D eigenvalue weighted by atomic mass is 19.1. The highest BCUT2D eigenvalue weighted by Crippen LogP contribution is 2.20. The van der Waals surface area contributed by atoms with Crippen LogP contribution in [0.2, 0.25) is 0 Å². The molecule has 0 aromatic rings. The lowest BCUT2D eigenvalue weighted by atomic mass is 10.0. The summed E-state index contributed by atoms with van der Waals surface area (Å²) in [7, 11) is 0. The van der Waals surface area contributed by atoms with Crippen molar-refractivity contribution in [1.82, 2.24) is 4.90 Å². The van der Waals surface area contributed by atoms with Crippen molar-refractivity contribution in [2.45, 2.75) is 12.6 Å². The summed E-state index contributed by atoms with van der Waals surface area (Å²) in [4.78, 5) is 13.0. The molecular weight excluding hydrogens is 161 g/mol. The number of amides is 1. The number of alkyl halides is 1. The molecule has 1 unspecified atom stereocenters. The number of hydrogen-bond donors (Lipinski definition) is 0. The molecule has 2 heterocycles. The van der Waals surface area contributed by atoms with E-state index in [9.17, 15) is 9.18 Å². The highest BCUT2D eigenvalue weighted by molar-refractivity contribution is 5.80. The van der Waals surface area contributed by atoms with E-state index in [4.69, 9.17) is 4.74 Å². The monoisotopic (exact) mass is 173 g/mol. The molecule has 0 aromatic carbocycles. The smallest absolute Gasteiger partial charge is 0.228 e. The van der Waals surface area contributed by atoms with Crippen LogP contribution >= 0.6 is 0 Å². The minimum atomic E-state index is -0.795. The number of halogens is 1. The largest absolute Gasteiger partial charge is 0.381 e. The Hall–Kier alpha value is -0.640. The average Bonchev–Trinajstić information content (AvgIpc) is 2.49. The predicted molar refractivity (Wildman–Crippen MR) is 40.4 cm³/mol. The van der Waals surface area contributed by atoms with Crippen molar-refractivity contribution in [2.24, 2.45) is 5.92 Å². The first-order valence-electron chi connectivity index (χ1n) is 4.28. The van der Waals surface area contributed by atoms with E-state index in [0.29, 0.717) is 13.2 Å². The maximum atomic E-state index is 12.4. The first kappa shape index (κ1) is 7.98. The lowest BCUT2D eigenvalue weighted by molar-refractivity contribution is -0.142. The van der Waals surface area contributed by atoms with Gasteiger partial charge >= 0.3 is 0 Å². The van der Waals surface area contributed by atoms with Gasteiger partial charge in [-0.1, -0.05) is 0 Å². The van der Waals surface area contributed by atoms with E-state index in [1.165, 1.54) is 0 Å². The summed E-state index contributed by atoms with van der Waals surface area (Å²) in [5.41, 5.74) is 0. The molecule has 0 aliphatic carbocycles. The predicted octanol–water partition coefficient (Wildman–Crippen LogP) is 0.203. The molecule has 0 saturated carbocycles. The molecule has 0 spiro atoms. The van der Waals surface area contributed by atoms with Gasteiger partial charge in [0, 0.05) is 6.61 Å². The molecule has 0 aromatic heterocycles. The fourth-order valence-electron chi connectivity index (χ4n) is 1.59. The third-order valence-electron chi connectivity index (χ3n) is 2.43. The maximum Gasteiger partial charge on any atom is 0.228 e. The van der Waals surface area contributed by atoms with Crippen LogP contribution in [-0.4, -0.2) is 43.3 Å². The van der Waals surface area contributed by atoms with Crippen molar-refractivity contribution in [1.29, 1.82) is 0 Å². The number of nitrogens with zero attached hydrogens (tertiary/aromatic N) is 1. The van der Waals surface area contributed by atoms with Crippen LogP contribution in [0.5, 0.6) is 0 Å². The molecule has 2 saturated heterocycles. The average molecular weight is 173 g/mol.